The van der Waals surface area contributed by atoms with Gasteiger partial charge in [-0.05, 0) is 62.4 Å². The van der Waals surface area contributed by atoms with Crippen LogP contribution in [0.25, 0.3) is 0 Å². The van der Waals surface area contributed by atoms with Crippen molar-refractivity contribution in [1.82, 2.24) is 15.3 Å². The normalized spacial score (nSPS) is 10.4. The van der Waals surface area contributed by atoms with E-state index in [0.29, 0.717) is 17.9 Å². The molecule has 2 aromatic heterocycles. The Hall–Kier alpha value is -3.41. The van der Waals surface area contributed by atoms with Gasteiger partial charge in [0.25, 0.3) is 5.91 Å². The molecule has 1 aromatic carbocycles. The maximum absolute atomic E-state index is 12.2. The minimum Gasteiger partial charge on any atom is -0.372 e. The summed E-state index contributed by atoms with van der Waals surface area (Å²) >= 11 is 0. The van der Waals surface area contributed by atoms with E-state index in [2.05, 4.69) is 51.5 Å². The van der Waals surface area contributed by atoms with E-state index in [9.17, 15) is 4.79 Å². The molecule has 0 unspecified atom stereocenters. The standard InChI is InChI=1S/C22H25N5O/c1-3-27(4-2)20-11-9-18(10-12-20)26-21-13-8-17(15-24-21)22(28)25-16-19-7-5-6-14-23-19/h5-15H,3-4,16H2,1-2H3,(H,24,26)(H,25,28). The quantitative estimate of drug-likeness (QED) is 0.623. The van der Waals surface area contributed by atoms with Gasteiger partial charge in [-0.25, -0.2) is 4.98 Å². The summed E-state index contributed by atoms with van der Waals surface area (Å²) in [4.78, 5) is 23.1. The fourth-order valence-electron chi connectivity index (χ4n) is 2.87. The van der Waals surface area contributed by atoms with E-state index in [1.54, 1.807) is 24.5 Å². The lowest BCUT2D eigenvalue weighted by molar-refractivity contribution is 0.0950. The van der Waals surface area contributed by atoms with Gasteiger partial charge in [0.05, 0.1) is 17.8 Å². The molecule has 28 heavy (non-hydrogen) atoms. The van der Waals surface area contributed by atoms with Crippen LogP contribution in [0.1, 0.15) is 29.9 Å². The Labute approximate surface area is 165 Å². The summed E-state index contributed by atoms with van der Waals surface area (Å²) in [5.74, 6) is 0.519. The molecule has 1 amide bonds. The Balaban J connectivity index is 1.57. The largest absolute Gasteiger partial charge is 0.372 e. The van der Waals surface area contributed by atoms with Crippen LogP contribution in [0.15, 0.2) is 67.0 Å². The van der Waals surface area contributed by atoms with E-state index in [1.165, 1.54) is 5.69 Å². The van der Waals surface area contributed by atoms with Gasteiger partial charge in [0, 0.05) is 36.9 Å². The highest BCUT2D eigenvalue weighted by Gasteiger charge is 2.07. The fraction of sp³-hybridized carbons (Fsp3) is 0.227. The SMILES string of the molecule is CCN(CC)c1ccc(Nc2ccc(C(=O)NCc3ccccn3)cn2)cc1. The summed E-state index contributed by atoms with van der Waals surface area (Å²) in [5.41, 5.74) is 3.48. The third-order valence-electron chi connectivity index (χ3n) is 4.45. The van der Waals surface area contributed by atoms with Crippen LogP contribution in [0.4, 0.5) is 17.2 Å². The van der Waals surface area contributed by atoms with Gasteiger partial charge in [-0.15, -0.1) is 0 Å². The summed E-state index contributed by atoms with van der Waals surface area (Å²) in [6.45, 7) is 6.64. The number of aromatic nitrogens is 2. The van der Waals surface area contributed by atoms with Crippen LogP contribution in [-0.2, 0) is 6.54 Å². The monoisotopic (exact) mass is 375 g/mol. The summed E-state index contributed by atoms with van der Waals surface area (Å²) in [5, 5.41) is 6.10. The van der Waals surface area contributed by atoms with Gasteiger partial charge in [0.1, 0.15) is 5.82 Å². The van der Waals surface area contributed by atoms with Crippen molar-refractivity contribution in [3.8, 4) is 0 Å². The fourth-order valence-corrected chi connectivity index (χ4v) is 2.87. The lowest BCUT2D eigenvalue weighted by Gasteiger charge is -2.21. The Kier molecular flexibility index (Phi) is 6.57. The molecular weight excluding hydrogens is 350 g/mol. The second kappa shape index (κ2) is 9.50. The molecule has 2 heterocycles. The number of hydrogen-bond donors (Lipinski definition) is 2. The smallest absolute Gasteiger partial charge is 0.253 e. The number of rotatable bonds is 8. The van der Waals surface area contributed by atoms with Gasteiger partial charge in [0.15, 0.2) is 0 Å². The number of benzene rings is 1. The number of hydrogen-bond acceptors (Lipinski definition) is 5. The van der Waals surface area contributed by atoms with Crippen molar-refractivity contribution in [3.05, 3.63) is 78.2 Å². The molecule has 3 rings (SSSR count). The Bertz CT molecular complexity index is 875. The molecule has 6 heteroatoms. The zero-order chi connectivity index (χ0) is 19.8. The number of amides is 1. The lowest BCUT2D eigenvalue weighted by atomic mass is 10.2. The average molecular weight is 375 g/mol. The van der Waals surface area contributed by atoms with Crippen LogP contribution in [0, 0.1) is 0 Å². The van der Waals surface area contributed by atoms with Gasteiger partial charge in [-0.3, -0.25) is 9.78 Å². The molecule has 6 nitrogen and oxygen atoms in total. The van der Waals surface area contributed by atoms with Gasteiger partial charge < -0.3 is 15.5 Å². The van der Waals surface area contributed by atoms with E-state index in [-0.39, 0.29) is 5.91 Å². The van der Waals surface area contributed by atoms with E-state index < -0.39 is 0 Å². The van der Waals surface area contributed by atoms with Crippen molar-refractivity contribution in [2.75, 3.05) is 23.3 Å². The second-order valence-electron chi connectivity index (χ2n) is 6.28. The molecule has 2 N–H and O–H groups in total. The summed E-state index contributed by atoms with van der Waals surface area (Å²) in [6.07, 6.45) is 3.28. The first-order valence-electron chi connectivity index (χ1n) is 9.45. The lowest BCUT2D eigenvalue weighted by Crippen LogP contribution is -2.23. The second-order valence-corrected chi connectivity index (χ2v) is 6.28. The first-order valence-corrected chi connectivity index (χ1v) is 9.45. The predicted molar refractivity (Wildman–Crippen MR) is 113 cm³/mol. The highest BCUT2D eigenvalue weighted by atomic mass is 16.1. The van der Waals surface area contributed by atoms with Gasteiger partial charge in [0.2, 0.25) is 0 Å². The van der Waals surface area contributed by atoms with Crippen LogP contribution in [-0.4, -0.2) is 29.0 Å². The van der Waals surface area contributed by atoms with Crippen LogP contribution in [0.5, 0.6) is 0 Å². The molecule has 0 fully saturated rings. The minimum absolute atomic E-state index is 0.173. The van der Waals surface area contributed by atoms with Gasteiger partial charge in [-0.2, -0.15) is 0 Å². The average Bonchev–Trinajstić information content (AvgIpc) is 2.75. The molecular formula is C22H25N5O. The number of anilines is 3. The number of carbonyl (C=O) groups is 1. The molecule has 144 valence electrons. The predicted octanol–water partition coefficient (Wildman–Crippen LogP) is 4.00. The van der Waals surface area contributed by atoms with E-state index >= 15 is 0 Å². The topological polar surface area (TPSA) is 70.2 Å². The van der Waals surface area contributed by atoms with Crippen molar-refractivity contribution in [2.45, 2.75) is 20.4 Å². The van der Waals surface area contributed by atoms with Crippen LogP contribution >= 0.6 is 0 Å². The zero-order valence-electron chi connectivity index (χ0n) is 16.2. The van der Waals surface area contributed by atoms with E-state index in [1.807, 2.05) is 30.3 Å². The molecule has 0 bridgehead atoms. The molecule has 0 spiro atoms. The van der Waals surface area contributed by atoms with Gasteiger partial charge >= 0.3 is 0 Å². The molecule has 3 aromatic rings. The zero-order valence-corrected chi connectivity index (χ0v) is 16.2. The Morgan fingerprint density at radius 1 is 0.964 bits per heavy atom. The number of nitrogens with one attached hydrogen (secondary N) is 2. The maximum atomic E-state index is 12.2. The third kappa shape index (κ3) is 5.07. The van der Waals surface area contributed by atoms with Crippen molar-refractivity contribution in [2.24, 2.45) is 0 Å². The van der Waals surface area contributed by atoms with E-state index in [0.717, 1.165) is 24.5 Å². The minimum atomic E-state index is -0.173. The summed E-state index contributed by atoms with van der Waals surface area (Å²) < 4.78 is 0. The molecule has 0 aliphatic carbocycles. The van der Waals surface area contributed by atoms with Crippen molar-refractivity contribution in [1.29, 1.82) is 0 Å². The molecule has 0 saturated carbocycles. The van der Waals surface area contributed by atoms with Crippen LogP contribution in [0.2, 0.25) is 0 Å². The molecule has 0 atom stereocenters. The van der Waals surface area contributed by atoms with Crippen LogP contribution < -0.4 is 15.5 Å². The number of carbonyl (C=O) groups excluding carboxylic acids is 1. The number of nitrogens with zero attached hydrogens (tertiary/aromatic N) is 3. The molecule has 0 aliphatic heterocycles. The third-order valence-corrected chi connectivity index (χ3v) is 4.45. The molecule has 0 saturated heterocycles. The molecule has 0 radical (unpaired) electrons. The Morgan fingerprint density at radius 2 is 1.75 bits per heavy atom. The highest BCUT2D eigenvalue weighted by Crippen LogP contribution is 2.20. The van der Waals surface area contributed by atoms with Crippen molar-refractivity contribution in [3.63, 3.8) is 0 Å². The Morgan fingerprint density at radius 3 is 2.36 bits per heavy atom. The van der Waals surface area contributed by atoms with Crippen molar-refractivity contribution < 1.29 is 4.79 Å². The summed E-state index contributed by atoms with van der Waals surface area (Å²) in [7, 11) is 0. The highest BCUT2D eigenvalue weighted by molar-refractivity contribution is 5.94. The van der Waals surface area contributed by atoms with Crippen LogP contribution in [0.3, 0.4) is 0 Å². The van der Waals surface area contributed by atoms with Gasteiger partial charge in [-0.1, -0.05) is 6.07 Å². The van der Waals surface area contributed by atoms with Crippen molar-refractivity contribution >= 4 is 23.1 Å². The summed E-state index contributed by atoms with van der Waals surface area (Å²) in [6, 6.07) is 17.4. The van der Waals surface area contributed by atoms with E-state index in [4.69, 9.17) is 0 Å². The first kappa shape index (κ1) is 19.4. The number of pyridine rings is 2. The molecule has 0 aliphatic rings. The first-order chi connectivity index (χ1) is 13.7. The maximum Gasteiger partial charge on any atom is 0.253 e.